The molecule has 1 N–H and O–H groups in total. The molecule has 1 aromatic heterocycles. The number of hydrogen-bond acceptors (Lipinski definition) is 4. The monoisotopic (exact) mass is 211 g/mol. The second-order valence-electron chi connectivity index (χ2n) is 2.46. The van der Waals surface area contributed by atoms with E-state index in [1.165, 1.54) is 7.11 Å². The molecule has 1 heterocycles. The van der Waals surface area contributed by atoms with Gasteiger partial charge in [0.25, 0.3) is 11.3 Å². The normalized spacial score (nSPS) is 11.8. The Morgan fingerprint density at radius 3 is 2.93 bits per heavy atom. The summed E-state index contributed by atoms with van der Waals surface area (Å²) in [4.78, 5) is 4.03. The maximum absolute atomic E-state index is 11.0. The molecule has 0 saturated carbocycles. The molecular weight excluding hydrogens is 202 g/mol. The topological polar surface area (TPSA) is 75.0 Å². The van der Waals surface area contributed by atoms with E-state index in [2.05, 4.69) is 13.9 Å². The lowest BCUT2D eigenvalue weighted by Crippen LogP contribution is -2.08. The zero-order valence-electron chi connectivity index (χ0n) is 7.77. The SMILES string of the molecule is COS(=O)Nc1nc(C)ccc1C#N. The van der Waals surface area contributed by atoms with E-state index < -0.39 is 11.3 Å². The van der Waals surface area contributed by atoms with Gasteiger partial charge in [0, 0.05) is 5.69 Å². The fourth-order valence-corrected chi connectivity index (χ4v) is 1.24. The number of aromatic nitrogens is 1. The third-order valence-electron chi connectivity index (χ3n) is 1.49. The Morgan fingerprint density at radius 1 is 1.64 bits per heavy atom. The fourth-order valence-electron chi connectivity index (χ4n) is 0.845. The Hall–Kier alpha value is -1.45. The van der Waals surface area contributed by atoms with Crippen molar-refractivity contribution < 1.29 is 8.39 Å². The summed E-state index contributed by atoms with van der Waals surface area (Å²) in [5.41, 5.74) is 1.07. The smallest absolute Gasteiger partial charge is 0.262 e. The molecule has 74 valence electrons. The number of nitrogens with one attached hydrogen (secondary N) is 1. The summed E-state index contributed by atoms with van der Waals surface area (Å²) in [5, 5.41) is 8.73. The van der Waals surface area contributed by atoms with Crippen LogP contribution in [-0.2, 0) is 15.4 Å². The summed E-state index contributed by atoms with van der Waals surface area (Å²) in [6.45, 7) is 1.78. The Morgan fingerprint density at radius 2 is 2.36 bits per heavy atom. The fraction of sp³-hybridized carbons (Fsp3) is 0.250. The van der Waals surface area contributed by atoms with Gasteiger partial charge in [0.05, 0.1) is 12.7 Å². The van der Waals surface area contributed by atoms with Gasteiger partial charge in [-0.05, 0) is 19.1 Å². The van der Waals surface area contributed by atoms with E-state index in [1.54, 1.807) is 19.1 Å². The van der Waals surface area contributed by atoms with E-state index in [1.807, 2.05) is 6.07 Å². The molecule has 0 saturated heterocycles. The van der Waals surface area contributed by atoms with Gasteiger partial charge in [-0.3, -0.25) is 8.91 Å². The molecule has 0 amide bonds. The Labute approximate surface area is 84.5 Å². The molecule has 1 aromatic rings. The molecule has 14 heavy (non-hydrogen) atoms. The lowest BCUT2D eigenvalue weighted by molar-refractivity contribution is 0.449. The first-order valence-corrected chi connectivity index (χ1v) is 4.85. The Kier molecular flexibility index (Phi) is 3.56. The number of pyridine rings is 1. The van der Waals surface area contributed by atoms with Gasteiger partial charge in [0.1, 0.15) is 6.07 Å². The minimum Gasteiger partial charge on any atom is -0.277 e. The molecule has 0 aliphatic rings. The molecule has 0 bridgehead atoms. The van der Waals surface area contributed by atoms with Crippen LogP contribution in [0.2, 0.25) is 0 Å². The van der Waals surface area contributed by atoms with Crippen LogP contribution in [0.25, 0.3) is 0 Å². The van der Waals surface area contributed by atoms with Gasteiger partial charge < -0.3 is 0 Å². The second-order valence-corrected chi connectivity index (χ2v) is 3.47. The van der Waals surface area contributed by atoms with Crippen LogP contribution < -0.4 is 4.72 Å². The van der Waals surface area contributed by atoms with Crippen LogP contribution in [-0.4, -0.2) is 16.3 Å². The van der Waals surface area contributed by atoms with Crippen LogP contribution in [0.15, 0.2) is 12.1 Å². The number of anilines is 1. The van der Waals surface area contributed by atoms with Gasteiger partial charge in [-0.1, -0.05) is 0 Å². The largest absolute Gasteiger partial charge is 0.277 e. The minimum atomic E-state index is -1.66. The summed E-state index contributed by atoms with van der Waals surface area (Å²) < 4.78 is 18.0. The van der Waals surface area contributed by atoms with Crippen LogP contribution in [0.4, 0.5) is 5.82 Å². The molecule has 6 heteroatoms. The predicted octanol–water partition coefficient (Wildman–Crippen LogP) is 0.899. The first-order valence-electron chi connectivity index (χ1n) is 3.78. The van der Waals surface area contributed by atoms with Crippen molar-refractivity contribution in [1.82, 2.24) is 4.98 Å². The van der Waals surface area contributed by atoms with Crippen molar-refractivity contribution in [3.63, 3.8) is 0 Å². The molecule has 0 spiro atoms. The zero-order valence-corrected chi connectivity index (χ0v) is 8.59. The van der Waals surface area contributed by atoms with E-state index in [0.717, 1.165) is 5.69 Å². The number of aryl methyl sites for hydroxylation is 1. The molecule has 0 aliphatic heterocycles. The molecule has 0 aromatic carbocycles. The van der Waals surface area contributed by atoms with Gasteiger partial charge >= 0.3 is 0 Å². The molecule has 1 atom stereocenters. The number of nitriles is 1. The van der Waals surface area contributed by atoms with Gasteiger partial charge in [-0.15, -0.1) is 0 Å². The molecular formula is C8H9N3O2S. The van der Waals surface area contributed by atoms with Gasteiger partial charge in [-0.2, -0.15) is 5.26 Å². The molecule has 1 rings (SSSR count). The number of nitrogens with zero attached hydrogens (tertiary/aromatic N) is 2. The summed E-state index contributed by atoms with van der Waals surface area (Å²) in [5.74, 6) is 0.271. The zero-order chi connectivity index (χ0) is 10.6. The molecule has 0 radical (unpaired) electrons. The van der Waals surface area contributed by atoms with Crippen LogP contribution in [0.3, 0.4) is 0 Å². The molecule has 0 aliphatic carbocycles. The molecule has 0 fully saturated rings. The van der Waals surface area contributed by atoms with E-state index in [0.29, 0.717) is 5.56 Å². The Bertz CT molecular complexity index is 400. The third-order valence-corrected chi connectivity index (χ3v) is 2.15. The Balaban J connectivity index is 3.00. The van der Waals surface area contributed by atoms with Gasteiger partial charge in [0.15, 0.2) is 5.82 Å². The first-order chi connectivity index (χ1) is 6.67. The quantitative estimate of drug-likeness (QED) is 0.806. The van der Waals surface area contributed by atoms with Crippen molar-refractivity contribution in [2.45, 2.75) is 6.92 Å². The maximum atomic E-state index is 11.0. The lowest BCUT2D eigenvalue weighted by atomic mass is 10.2. The number of hydrogen-bond donors (Lipinski definition) is 1. The highest BCUT2D eigenvalue weighted by molar-refractivity contribution is 7.81. The number of rotatable bonds is 3. The predicted molar refractivity (Wildman–Crippen MR) is 52.5 cm³/mol. The van der Waals surface area contributed by atoms with E-state index in [9.17, 15) is 4.21 Å². The average molecular weight is 211 g/mol. The highest BCUT2D eigenvalue weighted by atomic mass is 32.2. The van der Waals surface area contributed by atoms with E-state index >= 15 is 0 Å². The summed E-state index contributed by atoms with van der Waals surface area (Å²) >= 11 is -1.66. The van der Waals surface area contributed by atoms with E-state index in [-0.39, 0.29) is 5.82 Å². The highest BCUT2D eigenvalue weighted by Crippen LogP contribution is 2.12. The van der Waals surface area contributed by atoms with E-state index in [4.69, 9.17) is 5.26 Å². The third kappa shape index (κ3) is 2.52. The van der Waals surface area contributed by atoms with Crippen LogP contribution >= 0.6 is 0 Å². The van der Waals surface area contributed by atoms with Crippen molar-refractivity contribution >= 4 is 17.1 Å². The van der Waals surface area contributed by atoms with Gasteiger partial charge in [-0.25, -0.2) is 9.19 Å². The van der Waals surface area contributed by atoms with Crippen LogP contribution in [0.1, 0.15) is 11.3 Å². The van der Waals surface area contributed by atoms with Crippen molar-refractivity contribution in [3.05, 3.63) is 23.4 Å². The summed E-state index contributed by atoms with van der Waals surface area (Å²) in [6.07, 6.45) is 0. The van der Waals surface area contributed by atoms with Crippen molar-refractivity contribution in [1.29, 1.82) is 5.26 Å². The van der Waals surface area contributed by atoms with Crippen LogP contribution in [0.5, 0.6) is 0 Å². The highest BCUT2D eigenvalue weighted by Gasteiger charge is 2.06. The first kappa shape index (κ1) is 10.6. The maximum Gasteiger partial charge on any atom is 0.262 e. The minimum absolute atomic E-state index is 0.271. The van der Waals surface area contributed by atoms with Crippen LogP contribution in [0, 0.1) is 18.3 Å². The average Bonchev–Trinajstić information content (AvgIpc) is 2.18. The molecule has 1 unspecified atom stereocenters. The second kappa shape index (κ2) is 4.69. The van der Waals surface area contributed by atoms with Gasteiger partial charge in [0.2, 0.25) is 0 Å². The summed E-state index contributed by atoms with van der Waals surface area (Å²) in [7, 11) is 1.30. The lowest BCUT2D eigenvalue weighted by Gasteiger charge is -2.04. The van der Waals surface area contributed by atoms with Crippen molar-refractivity contribution in [2.75, 3.05) is 11.8 Å². The summed E-state index contributed by atoms with van der Waals surface area (Å²) in [6, 6.07) is 5.25. The molecule has 5 nitrogen and oxygen atoms in total. The van der Waals surface area contributed by atoms with Crippen molar-refractivity contribution in [3.8, 4) is 6.07 Å². The van der Waals surface area contributed by atoms with Crippen molar-refractivity contribution in [2.24, 2.45) is 0 Å². The standard InChI is InChI=1S/C8H9N3O2S/c1-6-3-4-7(5-9)8(10-6)11-14(12)13-2/h3-4H,1-2H3,(H,10,11).